The summed E-state index contributed by atoms with van der Waals surface area (Å²) in [5.41, 5.74) is 0.338. The van der Waals surface area contributed by atoms with E-state index in [1.807, 2.05) is 0 Å². The Labute approximate surface area is 174 Å². The molecule has 1 fully saturated rings. The van der Waals surface area contributed by atoms with Gasteiger partial charge < -0.3 is 19.0 Å². The third kappa shape index (κ3) is 3.94. The van der Waals surface area contributed by atoms with E-state index < -0.39 is 23.4 Å². The molecule has 1 amide bonds. The number of hydrogen-bond acceptors (Lipinski definition) is 4. The number of hydrogen-bond donors (Lipinski definition) is 1. The molecule has 1 aliphatic heterocycles. The molecule has 6 nitrogen and oxygen atoms in total. The molecule has 3 aromatic rings. The molecule has 4 rings (SSSR count). The molecule has 0 aliphatic carbocycles. The number of halogens is 3. The van der Waals surface area contributed by atoms with Crippen LogP contribution < -0.4 is 5.56 Å². The summed E-state index contributed by atoms with van der Waals surface area (Å²) in [6.07, 6.45) is 0.860. The number of morpholine rings is 1. The Kier molecular flexibility index (Phi) is 5.45. The van der Waals surface area contributed by atoms with Crippen molar-refractivity contribution in [2.75, 3.05) is 19.7 Å². The van der Waals surface area contributed by atoms with Gasteiger partial charge in [-0.3, -0.25) is 9.59 Å². The van der Waals surface area contributed by atoms with Crippen LogP contribution in [0.3, 0.4) is 0 Å². The topological polar surface area (TPSA) is 75.5 Å². The monoisotopic (exact) mass is 436 g/mol. The van der Waals surface area contributed by atoms with Gasteiger partial charge in [-0.05, 0) is 36.4 Å². The van der Waals surface area contributed by atoms with Crippen LogP contribution >= 0.6 is 23.2 Å². The number of H-pyrrole nitrogens is 1. The first kappa shape index (κ1) is 19.7. The van der Waals surface area contributed by atoms with Crippen molar-refractivity contribution in [1.82, 2.24) is 9.88 Å². The van der Waals surface area contributed by atoms with Gasteiger partial charge in [0.1, 0.15) is 23.2 Å². The summed E-state index contributed by atoms with van der Waals surface area (Å²) < 4.78 is 24.8. The van der Waals surface area contributed by atoms with Gasteiger partial charge in [0.15, 0.2) is 0 Å². The molecule has 29 heavy (non-hydrogen) atoms. The number of rotatable bonds is 3. The minimum absolute atomic E-state index is 0.00524. The van der Waals surface area contributed by atoms with Crippen molar-refractivity contribution in [3.63, 3.8) is 0 Å². The van der Waals surface area contributed by atoms with Crippen molar-refractivity contribution in [3.05, 3.63) is 80.0 Å². The molecule has 1 atom stereocenters. The summed E-state index contributed by atoms with van der Waals surface area (Å²) in [5, 5.41) is 0.155. The maximum atomic E-state index is 13.9. The van der Waals surface area contributed by atoms with Crippen LogP contribution in [0.25, 0.3) is 11.5 Å². The predicted octanol–water partition coefficient (Wildman–Crippen LogP) is 4.29. The summed E-state index contributed by atoms with van der Waals surface area (Å²) in [6.45, 7) is 0.640. The van der Waals surface area contributed by atoms with E-state index >= 15 is 0 Å². The number of benzene rings is 1. The molecular weight excluding hydrogens is 422 g/mol. The normalized spacial score (nSPS) is 16.8. The van der Waals surface area contributed by atoms with Gasteiger partial charge in [0.05, 0.1) is 30.1 Å². The van der Waals surface area contributed by atoms with E-state index in [2.05, 4.69) is 4.98 Å². The maximum absolute atomic E-state index is 13.9. The van der Waals surface area contributed by atoms with Crippen molar-refractivity contribution in [2.45, 2.75) is 6.10 Å². The Hall–Kier alpha value is -2.61. The average Bonchev–Trinajstić information content (AvgIpc) is 3.25. The summed E-state index contributed by atoms with van der Waals surface area (Å²) >= 11 is 11.9. The quantitative estimate of drug-likeness (QED) is 0.621. The van der Waals surface area contributed by atoms with Gasteiger partial charge in [0.25, 0.3) is 11.5 Å². The zero-order chi connectivity index (χ0) is 20.5. The van der Waals surface area contributed by atoms with Crippen LogP contribution in [0.4, 0.5) is 4.39 Å². The second-order valence-corrected chi connectivity index (χ2v) is 7.30. The van der Waals surface area contributed by atoms with E-state index in [9.17, 15) is 14.0 Å². The van der Waals surface area contributed by atoms with Crippen molar-refractivity contribution in [1.29, 1.82) is 0 Å². The number of aromatic amines is 1. The molecule has 1 aromatic carbocycles. The standard InChI is InChI=1S/C20H15Cl2FN2O4/c21-13-9-14(22)15(23)8-12(13)18-10-25(5-7-29-18)20(27)11-3-4-16(24-19(11)26)17-2-1-6-28-17/h1-4,6,8-9,18H,5,7,10H2,(H,24,26)/t18-/m0/s1. The molecule has 0 saturated carbocycles. The third-order valence-corrected chi connectivity index (χ3v) is 5.28. The predicted molar refractivity (Wildman–Crippen MR) is 106 cm³/mol. The number of nitrogens with one attached hydrogen (secondary N) is 1. The molecule has 3 heterocycles. The molecule has 0 spiro atoms. The van der Waals surface area contributed by atoms with Gasteiger partial charge in [0.2, 0.25) is 0 Å². The lowest BCUT2D eigenvalue weighted by Crippen LogP contribution is -2.44. The largest absolute Gasteiger partial charge is 0.463 e. The average molecular weight is 437 g/mol. The fourth-order valence-electron chi connectivity index (χ4n) is 3.19. The lowest BCUT2D eigenvalue weighted by atomic mass is 10.1. The second kappa shape index (κ2) is 8.02. The minimum Gasteiger partial charge on any atom is -0.463 e. The van der Waals surface area contributed by atoms with E-state index in [1.54, 1.807) is 18.2 Å². The van der Waals surface area contributed by atoms with Crippen LogP contribution in [0.1, 0.15) is 22.0 Å². The first-order valence-electron chi connectivity index (χ1n) is 8.76. The van der Waals surface area contributed by atoms with E-state index in [0.717, 1.165) is 0 Å². The highest BCUT2D eigenvalue weighted by atomic mass is 35.5. The molecule has 1 N–H and O–H groups in total. The van der Waals surface area contributed by atoms with Crippen LogP contribution in [-0.4, -0.2) is 35.5 Å². The smallest absolute Gasteiger partial charge is 0.261 e. The van der Waals surface area contributed by atoms with Gasteiger partial charge in [0, 0.05) is 17.1 Å². The SMILES string of the molecule is O=C(c1ccc(-c2ccco2)[nH]c1=O)N1CCO[C@H](c2cc(F)c(Cl)cc2Cl)C1. The molecule has 9 heteroatoms. The maximum Gasteiger partial charge on any atom is 0.261 e. The third-order valence-electron chi connectivity index (χ3n) is 4.67. The Balaban J connectivity index is 1.56. The molecule has 0 bridgehead atoms. The number of nitrogens with zero attached hydrogens (tertiary/aromatic N) is 1. The summed E-state index contributed by atoms with van der Waals surface area (Å²) in [5.74, 6) is -0.578. The number of carbonyl (C=O) groups is 1. The molecule has 2 aromatic heterocycles. The van der Waals surface area contributed by atoms with Crippen molar-refractivity contribution in [3.8, 4) is 11.5 Å². The number of carbonyl (C=O) groups excluding carboxylic acids is 1. The lowest BCUT2D eigenvalue weighted by molar-refractivity contribution is -0.0229. The zero-order valence-corrected chi connectivity index (χ0v) is 16.5. The highest BCUT2D eigenvalue weighted by Gasteiger charge is 2.29. The van der Waals surface area contributed by atoms with Gasteiger partial charge in [-0.15, -0.1) is 0 Å². The van der Waals surface area contributed by atoms with E-state index in [0.29, 0.717) is 23.6 Å². The summed E-state index contributed by atoms with van der Waals surface area (Å²) in [4.78, 5) is 29.5. The fourth-order valence-corrected chi connectivity index (χ4v) is 3.70. The molecular formula is C20H15Cl2FN2O4. The number of ether oxygens (including phenoxy) is 1. The van der Waals surface area contributed by atoms with Crippen LogP contribution in [0.2, 0.25) is 10.0 Å². The van der Waals surface area contributed by atoms with E-state index in [4.69, 9.17) is 32.4 Å². The van der Waals surface area contributed by atoms with Gasteiger partial charge >= 0.3 is 0 Å². The summed E-state index contributed by atoms with van der Waals surface area (Å²) in [7, 11) is 0. The van der Waals surface area contributed by atoms with Crippen LogP contribution in [-0.2, 0) is 4.74 Å². The van der Waals surface area contributed by atoms with Gasteiger partial charge in [-0.1, -0.05) is 23.2 Å². The van der Waals surface area contributed by atoms with Gasteiger partial charge in [-0.2, -0.15) is 0 Å². The van der Waals surface area contributed by atoms with E-state index in [-0.39, 0.29) is 28.8 Å². The highest BCUT2D eigenvalue weighted by Crippen LogP contribution is 2.32. The number of aromatic nitrogens is 1. The second-order valence-electron chi connectivity index (χ2n) is 6.49. The Bertz CT molecular complexity index is 1110. The first-order chi connectivity index (χ1) is 13.9. The first-order valence-corrected chi connectivity index (χ1v) is 9.52. The number of amides is 1. The highest BCUT2D eigenvalue weighted by molar-refractivity contribution is 6.35. The summed E-state index contributed by atoms with van der Waals surface area (Å²) in [6, 6.07) is 8.97. The fraction of sp³-hybridized carbons (Fsp3) is 0.200. The lowest BCUT2D eigenvalue weighted by Gasteiger charge is -2.33. The van der Waals surface area contributed by atoms with Crippen LogP contribution in [0.15, 0.2) is 51.9 Å². The Morgan fingerprint density at radius 3 is 2.76 bits per heavy atom. The number of pyridine rings is 1. The number of furan rings is 1. The molecule has 1 saturated heterocycles. The molecule has 1 aliphatic rings. The van der Waals surface area contributed by atoms with Crippen LogP contribution in [0.5, 0.6) is 0 Å². The van der Waals surface area contributed by atoms with Crippen molar-refractivity contribution in [2.24, 2.45) is 0 Å². The van der Waals surface area contributed by atoms with Crippen LogP contribution in [0, 0.1) is 5.82 Å². The van der Waals surface area contributed by atoms with Gasteiger partial charge in [-0.25, -0.2) is 4.39 Å². The van der Waals surface area contributed by atoms with Crippen molar-refractivity contribution < 1.29 is 18.3 Å². The Morgan fingerprint density at radius 1 is 1.21 bits per heavy atom. The molecule has 0 radical (unpaired) electrons. The molecule has 0 unspecified atom stereocenters. The molecule has 150 valence electrons. The minimum atomic E-state index is -0.631. The zero-order valence-electron chi connectivity index (χ0n) is 15.0. The van der Waals surface area contributed by atoms with E-state index in [1.165, 1.54) is 29.4 Å². The van der Waals surface area contributed by atoms with Crippen molar-refractivity contribution >= 4 is 29.1 Å². The Morgan fingerprint density at radius 2 is 2.03 bits per heavy atom.